The Bertz CT molecular complexity index is 622. The molecule has 0 radical (unpaired) electrons. The summed E-state index contributed by atoms with van der Waals surface area (Å²) >= 11 is 2.23. The minimum absolute atomic E-state index is 0.0624. The molecule has 0 aliphatic rings. The Hall–Kier alpha value is -1.89. The van der Waals surface area contributed by atoms with Crippen molar-refractivity contribution in [2.75, 3.05) is 6.61 Å². The molecule has 1 amide bonds. The van der Waals surface area contributed by atoms with Crippen molar-refractivity contribution in [3.05, 3.63) is 63.2 Å². The van der Waals surface area contributed by atoms with Gasteiger partial charge in [0.25, 0.3) is 5.91 Å². The van der Waals surface area contributed by atoms with Gasteiger partial charge in [-0.25, -0.2) is 5.43 Å². The van der Waals surface area contributed by atoms with Crippen LogP contribution in [0.4, 0.5) is 0 Å². The predicted molar refractivity (Wildman–Crippen MR) is 91.6 cm³/mol. The molecule has 0 aliphatic carbocycles. The first kappa shape index (κ1) is 15.5. The molecular formula is C16H15IN2O2. The SMILES string of the molecule is Cc1ccc(OCC(=O)N/N=C/c2ccc(I)cc2)cc1. The second-order valence-corrected chi connectivity index (χ2v) is 5.69. The maximum atomic E-state index is 11.6. The minimum Gasteiger partial charge on any atom is -0.484 e. The summed E-state index contributed by atoms with van der Waals surface area (Å²) < 4.78 is 6.51. The van der Waals surface area contributed by atoms with Crippen molar-refractivity contribution in [1.82, 2.24) is 5.43 Å². The van der Waals surface area contributed by atoms with E-state index in [0.717, 1.165) is 14.7 Å². The molecule has 0 aromatic heterocycles. The Balaban J connectivity index is 1.77. The van der Waals surface area contributed by atoms with E-state index >= 15 is 0 Å². The summed E-state index contributed by atoms with van der Waals surface area (Å²) in [5.74, 6) is 0.370. The number of hydrogen-bond acceptors (Lipinski definition) is 3. The number of ether oxygens (including phenoxy) is 1. The molecule has 108 valence electrons. The third-order valence-electron chi connectivity index (χ3n) is 2.66. The standard InChI is InChI=1S/C16H15IN2O2/c1-12-2-8-15(9-3-12)21-11-16(20)19-18-10-13-4-6-14(17)7-5-13/h2-10H,11H2,1H3,(H,19,20)/b18-10+. The Labute approximate surface area is 137 Å². The number of hydrazone groups is 1. The molecule has 0 atom stereocenters. The van der Waals surface area contributed by atoms with Gasteiger partial charge in [-0.05, 0) is 59.3 Å². The molecule has 1 N–H and O–H groups in total. The zero-order valence-electron chi connectivity index (χ0n) is 11.5. The van der Waals surface area contributed by atoms with Gasteiger partial charge in [-0.15, -0.1) is 0 Å². The van der Waals surface area contributed by atoms with Crippen LogP contribution in [0.1, 0.15) is 11.1 Å². The molecule has 4 nitrogen and oxygen atoms in total. The van der Waals surface area contributed by atoms with Gasteiger partial charge in [0.05, 0.1) is 6.21 Å². The van der Waals surface area contributed by atoms with Crippen LogP contribution in [-0.4, -0.2) is 18.7 Å². The summed E-state index contributed by atoms with van der Waals surface area (Å²) in [5.41, 5.74) is 4.50. The summed E-state index contributed by atoms with van der Waals surface area (Å²) in [6, 6.07) is 15.3. The summed E-state index contributed by atoms with van der Waals surface area (Å²) in [7, 11) is 0. The number of amides is 1. The third-order valence-corrected chi connectivity index (χ3v) is 3.38. The number of benzene rings is 2. The monoisotopic (exact) mass is 394 g/mol. The Morgan fingerprint density at radius 2 is 1.86 bits per heavy atom. The van der Waals surface area contributed by atoms with E-state index in [1.807, 2.05) is 55.5 Å². The molecule has 21 heavy (non-hydrogen) atoms. The van der Waals surface area contributed by atoms with E-state index < -0.39 is 0 Å². The molecular weight excluding hydrogens is 379 g/mol. The number of hydrogen-bond donors (Lipinski definition) is 1. The van der Waals surface area contributed by atoms with Crippen LogP contribution < -0.4 is 10.2 Å². The van der Waals surface area contributed by atoms with E-state index in [1.54, 1.807) is 6.21 Å². The number of nitrogens with one attached hydrogen (secondary N) is 1. The topological polar surface area (TPSA) is 50.7 Å². The Morgan fingerprint density at radius 3 is 2.52 bits per heavy atom. The summed E-state index contributed by atoms with van der Waals surface area (Å²) in [6.45, 7) is 1.93. The molecule has 0 unspecified atom stereocenters. The zero-order chi connectivity index (χ0) is 15.1. The van der Waals surface area contributed by atoms with Crippen molar-refractivity contribution in [2.24, 2.45) is 5.10 Å². The second-order valence-electron chi connectivity index (χ2n) is 4.45. The van der Waals surface area contributed by atoms with Crippen LogP contribution in [0.2, 0.25) is 0 Å². The minimum atomic E-state index is -0.294. The smallest absolute Gasteiger partial charge is 0.277 e. The van der Waals surface area contributed by atoms with Crippen LogP contribution in [-0.2, 0) is 4.79 Å². The van der Waals surface area contributed by atoms with Gasteiger partial charge >= 0.3 is 0 Å². The predicted octanol–water partition coefficient (Wildman–Crippen LogP) is 3.13. The highest BCUT2D eigenvalue weighted by Gasteiger charge is 2.00. The lowest BCUT2D eigenvalue weighted by Crippen LogP contribution is -2.24. The van der Waals surface area contributed by atoms with Crippen LogP contribution in [0.5, 0.6) is 5.75 Å². The molecule has 0 bridgehead atoms. The van der Waals surface area contributed by atoms with E-state index in [0.29, 0.717) is 5.75 Å². The second kappa shape index (κ2) is 7.78. The van der Waals surface area contributed by atoms with Crippen LogP contribution in [0.25, 0.3) is 0 Å². The highest BCUT2D eigenvalue weighted by Crippen LogP contribution is 2.10. The van der Waals surface area contributed by atoms with E-state index in [1.165, 1.54) is 0 Å². The highest BCUT2D eigenvalue weighted by atomic mass is 127. The zero-order valence-corrected chi connectivity index (χ0v) is 13.7. The van der Waals surface area contributed by atoms with Gasteiger partial charge in [-0.3, -0.25) is 4.79 Å². The van der Waals surface area contributed by atoms with Gasteiger partial charge in [0, 0.05) is 3.57 Å². The lowest BCUT2D eigenvalue weighted by molar-refractivity contribution is -0.123. The fourth-order valence-electron chi connectivity index (χ4n) is 1.54. The Kier molecular flexibility index (Phi) is 5.74. The molecule has 0 heterocycles. The average Bonchev–Trinajstić information content (AvgIpc) is 2.49. The molecule has 0 saturated heterocycles. The molecule has 2 rings (SSSR count). The molecule has 2 aromatic rings. The Morgan fingerprint density at radius 1 is 1.19 bits per heavy atom. The highest BCUT2D eigenvalue weighted by molar-refractivity contribution is 14.1. The first-order valence-electron chi connectivity index (χ1n) is 6.40. The van der Waals surface area contributed by atoms with Crippen LogP contribution in [0, 0.1) is 10.5 Å². The fraction of sp³-hybridized carbons (Fsp3) is 0.125. The lowest BCUT2D eigenvalue weighted by atomic mass is 10.2. The van der Waals surface area contributed by atoms with Gasteiger partial charge < -0.3 is 4.74 Å². The number of rotatable bonds is 5. The van der Waals surface area contributed by atoms with Gasteiger partial charge in [0.1, 0.15) is 5.75 Å². The molecule has 0 aliphatic heterocycles. The van der Waals surface area contributed by atoms with Crippen molar-refractivity contribution in [1.29, 1.82) is 0 Å². The van der Waals surface area contributed by atoms with Gasteiger partial charge in [-0.2, -0.15) is 5.10 Å². The number of carbonyl (C=O) groups excluding carboxylic acids is 1. The van der Waals surface area contributed by atoms with Crippen molar-refractivity contribution < 1.29 is 9.53 Å². The first-order valence-corrected chi connectivity index (χ1v) is 7.48. The van der Waals surface area contributed by atoms with Gasteiger partial charge in [-0.1, -0.05) is 29.8 Å². The number of carbonyl (C=O) groups is 1. The molecule has 2 aromatic carbocycles. The van der Waals surface area contributed by atoms with Crippen LogP contribution in [0.3, 0.4) is 0 Å². The van der Waals surface area contributed by atoms with E-state index in [9.17, 15) is 4.79 Å². The quantitative estimate of drug-likeness (QED) is 0.481. The van der Waals surface area contributed by atoms with E-state index in [-0.39, 0.29) is 12.5 Å². The van der Waals surface area contributed by atoms with Crippen molar-refractivity contribution in [3.8, 4) is 5.75 Å². The fourth-order valence-corrected chi connectivity index (χ4v) is 1.90. The average molecular weight is 394 g/mol. The van der Waals surface area contributed by atoms with E-state index in [2.05, 4.69) is 33.1 Å². The summed E-state index contributed by atoms with van der Waals surface area (Å²) in [5, 5.41) is 3.89. The molecule has 0 spiro atoms. The van der Waals surface area contributed by atoms with Gasteiger partial charge in [0.2, 0.25) is 0 Å². The first-order chi connectivity index (χ1) is 10.1. The van der Waals surface area contributed by atoms with Crippen molar-refractivity contribution in [3.63, 3.8) is 0 Å². The molecule has 5 heteroatoms. The van der Waals surface area contributed by atoms with Crippen molar-refractivity contribution in [2.45, 2.75) is 6.92 Å². The van der Waals surface area contributed by atoms with Gasteiger partial charge in [0.15, 0.2) is 6.61 Å². The molecule has 0 fully saturated rings. The summed E-state index contributed by atoms with van der Waals surface area (Å²) in [6.07, 6.45) is 1.60. The number of halogens is 1. The van der Waals surface area contributed by atoms with E-state index in [4.69, 9.17) is 4.74 Å². The van der Waals surface area contributed by atoms with Crippen LogP contribution in [0.15, 0.2) is 53.6 Å². The maximum absolute atomic E-state index is 11.6. The normalized spacial score (nSPS) is 10.6. The molecule has 0 saturated carbocycles. The van der Waals surface area contributed by atoms with Crippen LogP contribution >= 0.6 is 22.6 Å². The summed E-state index contributed by atoms with van der Waals surface area (Å²) in [4.78, 5) is 11.6. The largest absolute Gasteiger partial charge is 0.484 e. The lowest BCUT2D eigenvalue weighted by Gasteiger charge is -2.04. The number of nitrogens with zero attached hydrogens (tertiary/aromatic N) is 1. The maximum Gasteiger partial charge on any atom is 0.277 e. The van der Waals surface area contributed by atoms with Crippen molar-refractivity contribution >= 4 is 34.7 Å². The third kappa shape index (κ3) is 5.55. The number of aryl methyl sites for hydroxylation is 1.